The van der Waals surface area contributed by atoms with Crippen molar-refractivity contribution in [3.8, 4) is 28.4 Å². The number of halogens is 3. The highest BCUT2D eigenvalue weighted by Crippen LogP contribution is 2.39. The number of hydrogen-bond donors (Lipinski definition) is 1. The molecule has 1 aliphatic heterocycles. The predicted octanol–water partition coefficient (Wildman–Crippen LogP) is 8.95. The lowest BCUT2D eigenvalue weighted by molar-refractivity contribution is 0.102. The number of ether oxygens (including phenoxy) is 2. The van der Waals surface area contributed by atoms with Crippen molar-refractivity contribution in [3.63, 3.8) is 0 Å². The molecule has 4 aromatic rings. The second kappa shape index (κ2) is 10.8. The quantitative estimate of drug-likeness (QED) is 0.268. The van der Waals surface area contributed by atoms with E-state index in [4.69, 9.17) is 32.7 Å². The minimum absolute atomic E-state index is 0.197. The second-order valence-electron chi connectivity index (χ2n) is 8.86. The first kappa shape index (κ1) is 25.1. The Morgan fingerprint density at radius 3 is 2.51 bits per heavy atom. The van der Waals surface area contributed by atoms with E-state index in [0.717, 1.165) is 30.6 Å². The summed E-state index contributed by atoms with van der Waals surface area (Å²) in [6, 6.07) is 21.7. The molecule has 1 atom stereocenters. The van der Waals surface area contributed by atoms with Gasteiger partial charge in [0.15, 0.2) is 0 Å². The monoisotopic (exact) mass is 535 g/mol. The topological polar surface area (TPSA) is 47.6 Å². The van der Waals surface area contributed by atoms with Crippen molar-refractivity contribution in [2.75, 3.05) is 5.32 Å². The lowest BCUT2D eigenvalue weighted by Gasteiger charge is -2.26. The Morgan fingerprint density at radius 2 is 1.78 bits per heavy atom. The number of rotatable bonds is 6. The third-order valence-electron chi connectivity index (χ3n) is 6.32. The van der Waals surface area contributed by atoms with Crippen LogP contribution in [0.5, 0.6) is 17.2 Å². The molecule has 0 spiro atoms. The van der Waals surface area contributed by atoms with Crippen LogP contribution in [0, 0.1) is 5.82 Å². The Morgan fingerprint density at radius 1 is 1.03 bits per heavy atom. The van der Waals surface area contributed by atoms with Crippen LogP contribution in [-0.4, -0.2) is 12.0 Å². The maximum absolute atomic E-state index is 14.4. The molecule has 1 aliphatic rings. The average Bonchev–Trinajstić information content (AvgIpc) is 2.91. The Hall–Kier alpha value is -3.54. The van der Waals surface area contributed by atoms with Crippen molar-refractivity contribution in [1.29, 1.82) is 0 Å². The SMILES string of the molecule is CCC1CCc2cc(Cl)c(Oc3ccc(C(=O)Nc4ccc(F)c(-c5ccc(Cl)cc5)c4)cc3)cc2O1. The van der Waals surface area contributed by atoms with E-state index in [9.17, 15) is 9.18 Å². The van der Waals surface area contributed by atoms with Gasteiger partial charge in [-0.3, -0.25) is 4.79 Å². The van der Waals surface area contributed by atoms with Gasteiger partial charge in [-0.1, -0.05) is 42.3 Å². The van der Waals surface area contributed by atoms with Crippen LogP contribution < -0.4 is 14.8 Å². The second-order valence-corrected chi connectivity index (χ2v) is 9.70. The van der Waals surface area contributed by atoms with E-state index in [1.165, 1.54) is 12.1 Å². The number of benzene rings is 4. The van der Waals surface area contributed by atoms with Crippen LogP contribution >= 0.6 is 23.2 Å². The molecule has 0 fully saturated rings. The number of nitrogens with one attached hydrogen (secondary N) is 1. The minimum atomic E-state index is -0.390. The van der Waals surface area contributed by atoms with Crippen LogP contribution in [0.4, 0.5) is 10.1 Å². The van der Waals surface area contributed by atoms with Crippen LogP contribution in [0.3, 0.4) is 0 Å². The highest BCUT2D eigenvalue weighted by Gasteiger charge is 2.21. The Bertz CT molecular complexity index is 1440. The summed E-state index contributed by atoms with van der Waals surface area (Å²) in [5.74, 6) is 1.11. The molecule has 188 valence electrons. The third kappa shape index (κ3) is 5.74. The molecule has 4 aromatic carbocycles. The normalized spacial score (nSPS) is 14.4. The Balaban J connectivity index is 1.28. The van der Waals surface area contributed by atoms with E-state index in [-0.39, 0.29) is 12.0 Å². The number of amides is 1. The van der Waals surface area contributed by atoms with Gasteiger partial charge in [0.1, 0.15) is 23.1 Å². The molecule has 1 amide bonds. The van der Waals surface area contributed by atoms with Gasteiger partial charge in [-0.25, -0.2) is 4.39 Å². The Kier molecular flexibility index (Phi) is 7.36. The summed E-state index contributed by atoms with van der Waals surface area (Å²) in [4.78, 5) is 12.8. The molecule has 5 rings (SSSR count). The highest BCUT2D eigenvalue weighted by atomic mass is 35.5. The first-order valence-electron chi connectivity index (χ1n) is 12.0. The number of aryl methyl sites for hydroxylation is 1. The van der Waals surface area contributed by atoms with E-state index in [2.05, 4.69) is 12.2 Å². The summed E-state index contributed by atoms with van der Waals surface area (Å²) in [5.41, 5.74) is 3.01. The first-order chi connectivity index (χ1) is 17.9. The number of fused-ring (bicyclic) bond motifs is 1. The molecule has 4 nitrogen and oxygen atoms in total. The zero-order valence-corrected chi connectivity index (χ0v) is 21.6. The molecule has 0 saturated carbocycles. The van der Waals surface area contributed by atoms with E-state index in [1.807, 2.05) is 12.1 Å². The number of anilines is 1. The summed E-state index contributed by atoms with van der Waals surface area (Å²) in [7, 11) is 0. The van der Waals surface area contributed by atoms with Gasteiger partial charge < -0.3 is 14.8 Å². The summed E-state index contributed by atoms with van der Waals surface area (Å²) in [6.07, 6.45) is 3.04. The van der Waals surface area contributed by atoms with Crippen LogP contribution in [-0.2, 0) is 6.42 Å². The van der Waals surface area contributed by atoms with Crippen molar-refractivity contribution < 1.29 is 18.7 Å². The largest absolute Gasteiger partial charge is 0.490 e. The van der Waals surface area contributed by atoms with Gasteiger partial charge in [-0.05, 0) is 91.1 Å². The zero-order chi connectivity index (χ0) is 25.9. The predicted molar refractivity (Wildman–Crippen MR) is 146 cm³/mol. The molecule has 1 unspecified atom stereocenters. The van der Waals surface area contributed by atoms with Gasteiger partial charge >= 0.3 is 0 Å². The molecular weight excluding hydrogens is 512 g/mol. The van der Waals surface area contributed by atoms with Gasteiger partial charge in [0.2, 0.25) is 0 Å². The molecule has 37 heavy (non-hydrogen) atoms. The zero-order valence-electron chi connectivity index (χ0n) is 20.1. The van der Waals surface area contributed by atoms with E-state index in [1.54, 1.807) is 54.6 Å². The van der Waals surface area contributed by atoms with E-state index >= 15 is 0 Å². The molecule has 1 N–H and O–H groups in total. The van der Waals surface area contributed by atoms with Gasteiger partial charge in [-0.15, -0.1) is 0 Å². The van der Waals surface area contributed by atoms with Gasteiger partial charge in [-0.2, -0.15) is 0 Å². The number of carbonyl (C=O) groups is 1. The minimum Gasteiger partial charge on any atom is -0.490 e. The number of hydrogen-bond acceptors (Lipinski definition) is 3. The summed E-state index contributed by atoms with van der Waals surface area (Å²) >= 11 is 12.4. The molecule has 0 saturated heterocycles. The van der Waals surface area contributed by atoms with Crippen molar-refractivity contribution in [3.05, 3.63) is 106 Å². The van der Waals surface area contributed by atoms with Gasteiger partial charge in [0.25, 0.3) is 5.91 Å². The van der Waals surface area contributed by atoms with Crippen LogP contribution in [0.2, 0.25) is 10.0 Å². The number of carbonyl (C=O) groups excluding carboxylic acids is 1. The van der Waals surface area contributed by atoms with E-state index in [0.29, 0.717) is 43.9 Å². The van der Waals surface area contributed by atoms with Crippen LogP contribution in [0.1, 0.15) is 35.7 Å². The van der Waals surface area contributed by atoms with Crippen LogP contribution in [0.15, 0.2) is 78.9 Å². The summed E-state index contributed by atoms with van der Waals surface area (Å²) in [6.45, 7) is 2.11. The maximum atomic E-state index is 14.4. The molecule has 0 radical (unpaired) electrons. The van der Waals surface area contributed by atoms with Gasteiger partial charge in [0, 0.05) is 27.9 Å². The third-order valence-corrected chi connectivity index (χ3v) is 6.87. The van der Waals surface area contributed by atoms with Crippen molar-refractivity contribution in [2.24, 2.45) is 0 Å². The van der Waals surface area contributed by atoms with Crippen LogP contribution in [0.25, 0.3) is 11.1 Å². The molecular formula is C30H24Cl2FNO3. The fraction of sp³-hybridized carbons (Fsp3) is 0.167. The average molecular weight is 536 g/mol. The molecule has 1 heterocycles. The summed E-state index contributed by atoms with van der Waals surface area (Å²) in [5, 5.41) is 3.89. The van der Waals surface area contributed by atoms with Crippen molar-refractivity contribution in [1.82, 2.24) is 0 Å². The fourth-order valence-electron chi connectivity index (χ4n) is 4.26. The first-order valence-corrected chi connectivity index (χ1v) is 12.8. The van der Waals surface area contributed by atoms with E-state index < -0.39 is 5.82 Å². The fourth-order valence-corrected chi connectivity index (χ4v) is 4.61. The lowest BCUT2D eigenvalue weighted by Crippen LogP contribution is -2.21. The standard InChI is InChI=1S/C30H24Cl2FNO3/c1-2-23-11-7-20-15-26(32)29(17-28(20)36-23)37-24-12-5-19(6-13-24)30(35)34-22-10-14-27(33)25(16-22)18-3-8-21(31)9-4-18/h3-6,8-10,12-17,23H,2,7,11H2,1H3,(H,34,35). The Labute approximate surface area is 224 Å². The molecule has 0 aromatic heterocycles. The molecule has 0 aliphatic carbocycles. The van der Waals surface area contributed by atoms with Crippen molar-refractivity contribution >= 4 is 34.8 Å². The molecule has 7 heteroatoms. The lowest BCUT2D eigenvalue weighted by atomic mass is 10.0. The maximum Gasteiger partial charge on any atom is 0.255 e. The molecule has 0 bridgehead atoms. The summed E-state index contributed by atoms with van der Waals surface area (Å²) < 4.78 is 26.5. The van der Waals surface area contributed by atoms with Gasteiger partial charge in [0.05, 0.1) is 11.1 Å². The van der Waals surface area contributed by atoms with Crippen molar-refractivity contribution in [2.45, 2.75) is 32.3 Å². The smallest absolute Gasteiger partial charge is 0.255 e. The highest BCUT2D eigenvalue weighted by molar-refractivity contribution is 6.32.